The molecule has 5 heteroatoms. The van der Waals surface area contributed by atoms with Crippen LogP contribution in [0, 0.1) is 0 Å². The number of ether oxygens (including phenoxy) is 1. The highest BCUT2D eigenvalue weighted by molar-refractivity contribution is 5.94. The number of carbonyl (C=O) groups excluding carboxylic acids is 1. The maximum atomic E-state index is 12.8. The quantitative estimate of drug-likeness (QED) is 0.603. The van der Waals surface area contributed by atoms with E-state index in [0.29, 0.717) is 6.54 Å². The summed E-state index contributed by atoms with van der Waals surface area (Å²) in [4.78, 5) is 18.7. The normalized spacial score (nSPS) is 11.7. The Morgan fingerprint density at radius 2 is 1.81 bits per heavy atom. The zero-order valence-electron chi connectivity index (χ0n) is 16.6. The first-order valence-corrected chi connectivity index (χ1v) is 8.68. The molecule has 0 saturated carbocycles. The molecule has 1 aromatic carbocycles. The lowest BCUT2D eigenvalue weighted by molar-refractivity contribution is -0.119. The van der Waals surface area contributed by atoms with E-state index >= 15 is 0 Å². The fourth-order valence-corrected chi connectivity index (χ4v) is 2.39. The van der Waals surface area contributed by atoms with Gasteiger partial charge in [0.2, 0.25) is 5.91 Å². The lowest BCUT2D eigenvalue weighted by atomic mass is 10.2. The van der Waals surface area contributed by atoms with E-state index in [2.05, 4.69) is 16.4 Å². The molecule has 0 atom stereocenters. The number of carbonyl (C=O) groups is 1. The number of anilines is 1. The van der Waals surface area contributed by atoms with Crippen molar-refractivity contribution in [1.29, 1.82) is 0 Å². The van der Waals surface area contributed by atoms with Crippen LogP contribution in [0.3, 0.4) is 0 Å². The van der Waals surface area contributed by atoms with Gasteiger partial charge < -0.3 is 19.4 Å². The lowest BCUT2D eigenvalue weighted by Crippen LogP contribution is -2.40. The molecule has 0 spiro atoms. The van der Waals surface area contributed by atoms with Crippen LogP contribution in [-0.4, -0.2) is 63.6 Å². The fourth-order valence-electron chi connectivity index (χ4n) is 2.39. The summed E-state index contributed by atoms with van der Waals surface area (Å²) in [5.74, 6) is 0.799. The average Bonchev–Trinajstić information content (AvgIpc) is 2.65. The maximum Gasteiger partial charge on any atom is 0.246 e. The Balaban J connectivity index is 2.90. The molecule has 0 N–H and O–H groups in total. The van der Waals surface area contributed by atoms with Gasteiger partial charge in [-0.25, -0.2) is 0 Å². The molecular weight excluding hydrogens is 326 g/mol. The standard InChI is InChI=1S/C21H31N3O2/c1-7-9-10-18(8-2)24(16-15-22(3)4)17-21(25)23(5)19-11-13-20(26-6)14-12-19/h7-14H,1,15-17H2,2-6H3/b10-9-,18-8+. The summed E-state index contributed by atoms with van der Waals surface area (Å²) in [5.41, 5.74) is 1.84. The molecule has 0 fully saturated rings. The van der Waals surface area contributed by atoms with Crippen LogP contribution in [0.2, 0.25) is 0 Å². The molecule has 142 valence electrons. The van der Waals surface area contributed by atoms with Crippen LogP contribution in [0.4, 0.5) is 5.69 Å². The number of allylic oxidation sites excluding steroid dienone is 4. The van der Waals surface area contributed by atoms with Crippen molar-refractivity contribution in [2.75, 3.05) is 52.8 Å². The van der Waals surface area contributed by atoms with Gasteiger partial charge in [-0.2, -0.15) is 0 Å². The van der Waals surface area contributed by atoms with Crippen LogP contribution in [0.1, 0.15) is 6.92 Å². The molecule has 0 bridgehead atoms. The summed E-state index contributed by atoms with van der Waals surface area (Å²) in [7, 11) is 7.47. The third kappa shape index (κ3) is 6.76. The molecule has 0 radical (unpaired) electrons. The van der Waals surface area contributed by atoms with Crippen LogP contribution in [0.5, 0.6) is 5.75 Å². The monoisotopic (exact) mass is 357 g/mol. The van der Waals surface area contributed by atoms with Crippen molar-refractivity contribution in [2.24, 2.45) is 0 Å². The van der Waals surface area contributed by atoms with Crippen molar-refractivity contribution in [2.45, 2.75) is 6.92 Å². The molecule has 0 aliphatic carbocycles. The molecule has 26 heavy (non-hydrogen) atoms. The first-order valence-electron chi connectivity index (χ1n) is 8.68. The smallest absolute Gasteiger partial charge is 0.246 e. The number of hydrogen-bond donors (Lipinski definition) is 0. The first-order chi connectivity index (χ1) is 12.4. The Labute approximate surface area is 157 Å². The first kappa shape index (κ1) is 21.5. The molecule has 0 saturated heterocycles. The third-order valence-electron chi connectivity index (χ3n) is 4.04. The zero-order chi connectivity index (χ0) is 19.5. The number of methoxy groups -OCH3 is 1. The Kier molecular flexibility index (Phi) is 9.23. The number of hydrogen-bond acceptors (Lipinski definition) is 4. The predicted molar refractivity (Wildman–Crippen MR) is 110 cm³/mol. The summed E-state index contributed by atoms with van der Waals surface area (Å²) in [6, 6.07) is 7.48. The summed E-state index contributed by atoms with van der Waals surface area (Å²) >= 11 is 0. The van der Waals surface area contributed by atoms with Crippen molar-refractivity contribution >= 4 is 11.6 Å². The van der Waals surface area contributed by atoms with E-state index in [0.717, 1.165) is 30.2 Å². The molecule has 0 aliphatic heterocycles. The van der Waals surface area contributed by atoms with Gasteiger partial charge in [0.05, 0.1) is 13.7 Å². The van der Waals surface area contributed by atoms with Gasteiger partial charge in [-0.05, 0) is 51.4 Å². The van der Waals surface area contributed by atoms with E-state index in [9.17, 15) is 4.79 Å². The summed E-state index contributed by atoms with van der Waals surface area (Å²) in [6.07, 6.45) is 7.61. The van der Waals surface area contributed by atoms with Crippen molar-refractivity contribution in [3.8, 4) is 5.75 Å². The van der Waals surface area contributed by atoms with Gasteiger partial charge in [-0.1, -0.05) is 24.8 Å². The van der Waals surface area contributed by atoms with Crippen LogP contribution < -0.4 is 9.64 Å². The highest BCUT2D eigenvalue weighted by Crippen LogP contribution is 2.19. The van der Waals surface area contributed by atoms with Gasteiger partial charge >= 0.3 is 0 Å². The largest absolute Gasteiger partial charge is 0.497 e. The van der Waals surface area contributed by atoms with Gasteiger partial charge in [0, 0.05) is 31.5 Å². The second-order valence-corrected chi connectivity index (χ2v) is 6.18. The van der Waals surface area contributed by atoms with Crippen molar-refractivity contribution in [3.63, 3.8) is 0 Å². The van der Waals surface area contributed by atoms with Crippen LogP contribution >= 0.6 is 0 Å². The second-order valence-electron chi connectivity index (χ2n) is 6.18. The molecule has 5 nitrogen and oxygen atoms in total. The van der Waals surface area contributed by atoms with E-state index < -0.39 is 0 Å². The molecule has 0 heterocycles. The highest BCUT2D eigenvalue weighted by Gasteiger charge is 2.17. The number of rotatable bonds is 10. The molecule has 1 amide bonds. The number of likely N-dealkylation sites (N-methyl/N-ethyl adjacent to an activating group) is 2. The van der Waals surface area contributed by atoms with Gasteiger partial charge in [0.1, 0.15) is 5.75 Å². The minimum Gasteiger partial charge on any atom is -0.497 e. The number of benzene rings is 1. The summed E-state index contributed by atoms with van der Waals surface area (Å²) in [6.45, 7) is 7.62. The van der Waals surface area contributed by atoms with E-state index in [1.54, 1.807) is 25.1 Å². The van der Waals surface area contributed by atoms with E-state index in [1.807, 2.05) is 63.5 Å². The van der Waals surface area contributed by atoms with Crippen molar-refractivity contribution < 1.29 is 9.53 Å². The topological polar surface area (TPSA) is 36.0 Å². The minimum atomic E-state index is 0.0280. The molecule has 0 unspecified atom stereocenters. The minimum absolute atomic E-state index is 0.0280. The SMILES string of the molecule is C=C/C=C\C(=C/C)N(CCN(C)C)CC(=O)N(C)c1ccc(OC)cc1. The Bertz CT molecular complexity index is 633. The van der Waals surface area contributed by atoms with Crippen LogP contribution in [0.15, 0.2) is 60.8 Å². The van der Waals surface area contributed by atoms with E-state index in [1.165, 1.54) is 0 Å². The number of amides is 1. The molecule has 0 aromatic heterocycles. The molecular formula is C21H31N3O2. The maximum absolute atomic E-state index is 12.8. The molecule has 1 aromatic rings. The van der Waals surface area contributed by atoms with Gasteiger partial charge in [-0.3, -0.25) is 4.79 Å². The van der Waals surface area contributed by atoms with Gasteiger partial charge in [0.25, 0.3) is 0 Å². The predicted octanol–water partition coefficient (Wildman–Crippen LogP) is 3.17. The zero-order valence-corrected chi connectivity index (χ0v) is 16.6. The van der Waals surface area contributed by atoms with Crippen molar-refractivity contribution in [3.05, 3.63) is 60.8 Å². The van der Waals surface area contributed by atoms with Crippen LogP contribution in [0.25, 0.3) is 0 Å². The average molecular weight is 357 g/mol. The Hall–Kier alpha value is -2.53. The third-order valence-corrected chi connectivity index (χ3v) is 4.04. The van der Waals surface area contributed by atoms with E-state index in [-0.39, 0.29) is 5.91 Å². The van der Waals surface area contributed by atoms with Gasteiger partial charge in [0.15, 0.2) is 0 Å². The number of nitrogens with zero attached hydrogens (tertiary/aromatic N) is 3. The summed E-state index contributed by atoms with van der Waals surface area (Å²) < 4.78 is 5.17. The Morgan fingerprint density at radius 3 is 2.31 bits per heavy atom. The van der Waals surface area contributed by atoms with Gasteiger partial charge in [-0.15, -0.1) is 0 Å². The fraction of sp³-hybridized carbons (Fsp3) is 0.381. The van der Waals surface area contributed by atoms with E-state index in [4.69, 9.17) is 4.74 Å². The summed E-state index contributed by atoms with van der Waals surface area (Å²) in [5, 5.41) is 0. The second kappa shape index (κ2) is 11.2. The highest BCUT2D eigenvalue weighted by atomic mass is 16.5. The van der Waals surface area contributed by atoms with Crippen LogP contribution in [-0.2, 0) is 4.79 Å². The molecule has 0 aliphatic rings. The lowest BCUT2D eigenvalue weighted by Gasteiger charge is -2.29. The Morgan fingerprint density at radius 1 is 1.15 bits per heavy atom. The molecule has 1 rings (SSSR count). The van der Waals surface area contributed by atoms with Crippen molar-refractivity contribution in [1.82, 2.24) is 9.80 Å².